The molecule has 1 atom stereocenters. The molecule has 21 heavy (non-hydrogen) atoms. The number of halogens is 1. The molecule has 112 valence electrons. The van der Waals surface area contributed by atoms with Crippen molar-refractivity contribution < 1.29 is 4.39 Å². The Kier molecular flexibility index (Phi) is 5.34. The summed E-state index contributed by atoms with van der Waals surface area (Å²) in [4.78, 5) is 2.15. The van der Waals surface area contributed by atoms with Gasteiger partial charge in [-0.3, -0.25) is 4.90 Å². The average Bonchev–Trinajstić information content (AvgIpc) is 2.49. The molecule has 0 amide bonds. The Morgan fingerprint density at radius 3 is 2.43 bits per heavy atom. The van der Waals surface area contributed by atoms with E-state index >= 15 is 0 Å². The number of hydrogen-bond donors (Lipinski definition) is 1. The van der Waals surface area contributed by atoms with Crippen molar-refractivity contribution >= 4 is 5.69 Å². The third-order valence-corrected chi connectivity index (χ3v) is 3.86. The first-order chi connectivity index (χ1) is 10.1. The second-order valence-electron chi connectivity index (χ2n) is 5.47. The van der Waals surface area contributed by atoms with Crippen LogP contribution in [0.5, 0.6) is 0 Å². The second kappa shape index (κ2) is 7.23. The van der Waals surface area contributed by atoms with Crippen LogP contribution < -0.4 is 5.32 Å². The van der Waals surface area contributed by atoms with Crippen LogP contribution in [-0.4, -0.2) is 25.0 Å². The molecular formula is C18H23FN2. The van der Waals surface area contributed by atoms with Gasteiger partial charge in [-0.25, -0.2) is 4.39 Å². The van der Waals surface area contributed by atoms with E-state index in [9.17, 15) is 4.39 Å². The lowest BCUT2D eigenvalue weighted by molar-refractivity contribution is 0.266. The molecule has 0 aromatic heterocycles. The molecule has 2 rings (SSSR count). The highest BCUT2D eigenvalue weighted by molar-refractivity contribution is 5.44. The van der Waals surface area contributed by atoms with Crippen molar-refractivity contribution in [3.05, 3.63) is 65.5 Å². The van der Waals surface area contributed by atoms with E-state index in [1.165, 1.54) is 11.6 Å². The third kappa shape index (κ3) is 4.30. The molecule has 0 aliphatic heterocycles. The summed E-state index contributed by atoms with van der Waals surface area (Å²) in [6.45, 7) is 5.79. The molecule has 2 nitrogen and oxygen atoms in total. The Balaban J connectivity index is 1.85. The van der Waals surface area contributed by atoms with Gasteiger partial charge in [-0.15, -0.1) is 0 Å². The van der Waals surface area contributed by atoms with E-state index in [2.05, 4.69) is 41.4 Å². The van der Waals surface area contributed by atoms with Crippen LogP contribution in [0, 0.1) is 12.7 Å². The lowest BCUT2D eigenvalue weighted by atomic mass is 10.1. The quantitative estimate of drug-likeness (QED) is 0.854. The highest BCUT2D eigenvalue weighted by Crippen LogP contribution is 2.21. The fraction of sp³-hybridized carbons (Fsp3) is 0.333. The van der Waals surface area contributed by atoms with Gasteiger partial charge in [-0.05, 0) is 39.1 Å². The van der Waals surface area contributed by atoms with Gasteiger partial charge < -0.3 is 5.32 Å². The fourth-order valence-corrected chi connectivity index (χ4v) is 2.29. The summed E-state index contributed by atoms with van der Waals surface area (Å²) in [5.74, 6) is -0.136. The molecule has 1 unspecified atom stereocenters. The predicted molar refractivity (Wildman–Crippen MR) is 87.1 cm³/mol. The molecule has 0 saturated carbocycles. The van der Waals surface area contributed by atoms with Crippen molar-refractivity contribution in [2.75, 3.05) is 25.5 Å². The van der Waals surface area contributed by atoms with Crippen LogP contribution in [0.15, 0.2) is 48.5 Å². The summed E-state index contributed by atoms with van der Waals surface area (Å²) in [5, 5.41) is 3.39. The van der Waals surface area contributed by atoms with Crippen molar-refractivity contribution in [1.29, 1.82) is 0 Å². The van der Waals surface area contributed by atoms with E-state index in [-0.39, 0.29) is 11.9 Å². The second-order valence-corrected chi connectivity index (χ2v) is 5.47. The maximum absolute atomic E-state index is 13.8. The summed E-state index contributed by atoms with van der Waals surface area (Å²) >= 11 is 0. The largest absolute Gasteiger partial charge is 0.384 e. The predicted octanol–water partition coefficient (Wildman–Crippen LogP) is 4.24. The SMILES string of the molecule is Cc1ccc(NCCN(C)C(C)c2ccccc2F)cc1. The Bertz CT molecular complexity index is 566. The van der Waals surface area contributed by atoms with Crippen molar-refractivity contribution in [2.45, 2.75) is 19.9 Å². The molecule has 0 saturated heterocycles. The van der Waals surface area contributed by atoms with Gasteiger partial charge in [-0.1, -0.05) is 35.9 Å². The van der Waals surface area contributed by atoms with Gasteiger partial charge in [-0.2, -0.15) is 0 Å². The Morgan fingerprint density at radius 2 is 1.76 bits per heavy atom. The van der Waals surface area contributed by atoms with Crippen molar-refractivity contribution in [3.63, 3.8) is 0 Å². The van der Waals surface area contributed by atoms with Crippen LogP contribution in [0.3, 0.4) is 0 Å². The number of anilines is 1. The number of hydrogen-bond acceptors (Lipinski definition) is 2. The lowest BCUT2D eigenvalue weighted by Crippen LogP contribution is -2.28. The third-order valence-electron chi connectivity index (χ3n) is 3.86. The normalized spacial score (nSPS) is 12.4. The van der Waals surface area contributed by atoms with Gasteiger partial charge in [0.2, 0.25) is 0 Å². The van der Waals surface area contributed by atoms with Crippen LogP contribution in [0.25, 0.3) is 0 Å². The summed E-state index contributed by atoms with van der Waals surface area (Å²) in [5.41, 5.74) is 3.12. The van der Waals surface area contributed by atoms with E-state index in [0.717, 1.165) is 24.3 Å². The number of nitrogens with zero attached hydrogens (tertiary/aromatic N) is 1. The van der Waals surface area contributed by atoms with Crippen LogP contribution >= 0.6 is 0 Å². The monoisotopic (exact) mass is 286 g/mol. The van der Waals surface area contributed by atoms with E-state index in [4.69, 9.17) is 0 Å². The summed E-state index contributed by atoms with van der Waals surface area (Å²) in [7, 11) is 2.02. The minimum atomic E-state index is -0.136. The Labute approximate surface area is 126 Å². The van der Waals surface area contributed by atoms with Crippen molar-refractivity contribution in [3.8, 4) is 0 Å². The van der Waals surface area contributed by atoms with E-state index in [1.807, 2.05) is 26.1 Å². The highest BCUT2D eigenvalue weighted by atomic mass is 19.1. The van der Waals surface area contributed by atoms with Gasteiger partial charge in [0.1, 0.15) is 5.82 Å². The number of benzene rings is 2. The van der Waals surface area contributed by atoms with Crippen LogP contribution in [0.1, 0.15) is 24.1 Å². The Morgan fingerprint density at radius 1 is 1.10 bits per heavy atom. The summed E-state index contributed by atoms with van der Waals surface area (Å²) in [6.07, 6.45) is 0. The van der Waals surface area contributed by atoms with Gasteiger partial charge >= 0.3 is 0 Å². The van der Waals surface area contributed by atoms with Gasteiger partial charge in [0.15, 0.2) is 0 Å². The summed E-state index contributed by atoms with van der Waals surface area (Å²) in [6, 6.07) is 15.4. The maximum atomic E-state index is 13.8. The minimum Gasteiger partial charge on any atom is -0.384 e. The molecule has 3 heteroatoms. The van der Waals surface area contributed by atoms with Gasteiger partial charge in [0.05, 0.1) is 0 Å². The van der Waals surface area contributed by atoms with E-state index in [1.54, 1.807) is 6.07 Å². The topological polar surface area (TPSA) is 15.3 Å². The van der Waals surface area contributed by atoms with Crippen LogP contribution in [0.2, 0.25) is 0 Å². The Hall–Kier alpha value is -1.87. The molecular weight excluding hydrogens is 263 g/mol. The first-order valence-electron chi connectivity index (χ1n) is 7.33. The standard InChI is InChI=1S/C18H23FN2/c1-14-8-10-16(11-9-14)20-12-13-21(3)15(2)17-6-4-5-7-18(17)19/h4-11,15,20H,12-13H2,1-3H3. The molecule has 2 aromatic carbocycles. The zero-order chi connectivity index (χ0) is 15.2. The highest BCUT2D eigenvalue weighted by Gasteiger charge is 2.14. The van der Waals surface area contributed by atoms with Gasteiger partial charge in [0.25, 0.3) is 0 Å². The number of likely N-dealkylation sites (N-methyl/N-ethyl adjacent to an activating group) is 1. The first kappa shape index (κ1) is 15.5. The van der Waals surface area contributed by atoms with E-state index in [0.29, 0.717) is 0 Å². The molecule has 0 fully saturated rings. The summed E-state index contributed by atoms with van der Waals surface area (Å²) < 4.78 is 13.8. The minimum absolute atomic E-state index is 0.0611. The fourth-order valence-electron chi connectivity index (χ4n) is 2.29. The van der Waals surface area contributed by atoms with Crippen molar-refractivity contribution in [2.24, 2.45) is 0 Å². The van der Waals surface area contributed by atoms with Crippen molar-refractivity contribution in [1.82, 2.24) is 4.90 Å². The molecule has 0 radical (unpaired) electrons. The average molecular weight is 286 g/mol. The zero-order valence-corrected chi connectivity index (χ0v) is 12.9. The van der Waals surface area contributed by atoms with Gasteiger partial charge in [0, 0.05) is 30.4 Å². The molecule has 0 heterocycles. The first-order valence-corrected chi connectivity index (χ1v) is 7.33. The van der Waals surface area contributed by atoms with Crippen LogP contribution in [-0.2, 0) is 0 Å². The number of nitrogens with one attached hydrogen (secondary N) is 1. The molecule has 2 aromatic rings. The number of aryl methyl sites for hydroxylation is 1. The zero-order valence-electron chi connectivity index (χ0n) is 12.9. The van der Waals surface area contributed by atoms with Crippen LogP contribution in [0.4, 0.5) is 10.1 Å². The van der Waals surface area contributed by atoms with E-state index < -0.39 is 0 Å². The molecule has 0 aliphatic rings. The smallest absolute Gasteiger partial charge is 0.127 e. The lowest BCUT2D eigenvalue weighted by Gasteiger charge is -2.25. The molecule has 0 bridgehead atoms. The molecule has 0 spiro atoms. The maximum Gasteiger partial charge on any atom is 0.127 e. The molecule has 1 N–H and O–H groups in total. The number of rotatable bonds is 6. The molecule has 0 aliphatic carbocycles.